The molecule has 2 heteroatoms. The lowest BCUT2D eigenvalue weighted by Crippen LogP contribution is -2.04. The average Bonchev–Trinajstić information content (AvgIpc) is 2.76. The van der Waals surface area contributed by atoms with Crippen LogP contribution in [0.25, 0.3) is 0 Å². The van der Waals surface area contributed by atoms with Crippen molar-refractivity contribution in [1.29, 1.82) is 0 Å². The highest BCUT2D eigenvalue weighted by Gasteiger charge is 2.06. The van der Waals surface area contributed by atoms with Crippen LogP contribution in [-0.2, 0) is 13.2 Å². The van der Waals surface area contributed by atoms with Crippen LogP contribution in [0.3, 0.4) is 0 Å². The zero-order valence-electron chi connectivity index (χ0n) is 18.2. The molecule has 0 atom stereocenters. The number of para-hydroxylation sites is 2. The van der Waals surface area contributed by atoms with Crippen LogP contribution in [0, 0.1) is 13.8 Å². The lowest BCUT2D eigenvalue weighted by molar-refractivity contribution is 0.283. The fourth-order valence-electron chi connectivity index (χ4n) is 2.59. The van der Waals surface area contributed by atoms with Crippen molar-refractivity contribution in [3.63, 3.8) is 0 Å². The van der Waals surface area contributed by atoms with Gasteiger partial charge in [0.1, 0.15) is 24.7 Å². The highest BCUT2D eigenvalue weighted by Crippen LogP contribution is 2.21. The lowest BCUT2D eigenvalue weighted by Gasteiger charge is -2.14. The van der Waals surface area contributed by atoms with E-state index in [1.807, 2.05) is 76.2 Å². The Labute approximate surface area is 171 Å². The maximum atomic E-state index is 5.98. The van der Waals surface area contributed by atoms with Gasteiger partial charge in [-0.3, -0.25) is 0 Å². The molecule has 3 aromatic carbocycles. The molecule has 0 amide bonds. The van der Waals surface area contributed by atoms with Crippen molar-refractivity contribution >= 4 is 0 Å². The molecule has 3 aromatic rings. The zero-order valence-corrected chi connectivity index (χ0v) is 18.2. The molecule has 0 saturated carbocycles. The standard InChI is InChI=1S/C22H22O2.2C2H6/c1-17-9-3-7-13-21(17)23-15-19-11-5-6-12-20(19)16-24-22-14-8-4-10-18(22)2;2*1-2/h3-14H,15-16H2,1-2H3;2*1-2H3. The van der Waals surface area contributed by atoms with E-state index >= 15 is 0 Å². The molecule has 0 N–H and O–H groups in total. The van der Waals surface area contributed by atoms with Gasteiger partial charge in [0, 0.05) is 0 Å². The van der Waals surface area contributed by atoms with Crippen LogP contribution in [0.4, 0.5) is 0 Å². The third-order valence-electron chi connectivity index (χ3n) is 4.07. The van der Waals surface area contributed by atoms with Crippen LogP contribution in [0.15, 0.2) is 72.8 Å². The number of aryl methyl sites for hydroxylation is 2. The van der Waals surface area contributed by atoms with E-state index < -0.39 is 0 Å². The van der Waals surface area contributed by atoms with Crippen molar-refractivity contribution < 1.29 is 9.47 Å². The summed E-state index contributed by atoms with van der Waals surface area (Å²) in [4.78, 5) is 0. The van der Waals surface area contributed by atoms with Crippen molar-refractivity contribution in [1.82, 2.24) is 0 Å². The predicted octanol–water partition coefficient (Wildman–Crippen LogP) is 7.51. The Morgan fingerprint density at radius 3 is 1.18 bits per heavy atom. The van der Waals surface area contributed by atoms with E-state index in [-0.39, 0.29) is 0 Å². The Bertz CT molecular complexity index is 740. The lowest BCUT2D eigenvalue weighted by atomic mass is 10.1. The van der Waals surface area contributed by atoms with Gasteiger partial charge in [0.15, 0.2) is 0 Å². The Hall–Kier alpha value is -2.74. The second-order valence-electron chi connectivity index (χ2n) is 5.88. The van der Waals surface area contributed by atoms with E-state index in [1.165, 1.54) is 0 Å². The quantitative estimate of drug-likeness (QED) is 0.442. The van der Waals surface area contributed by atoms with Crippen molar-refractivity contribution in [3.05, 3.63) is 95.1 Å². The average molecular weight is 379 g/mol. The van der Waals surface area contributed by atoms with Crippen LogP contribution >= 0.6 is 0 Å². The molecule has 0 aromatic heterocycles. The summed E-state index contributed by atoms with van der Waals surface area (Å²) in [6.45, 7) is 13.2. The Morgan fingerprint density at radius 1 is 0.500 bits per heavy atom. The first-order chi connectivity index (χ1) is 13.7. The molecule has 0 bridgehead atoms. The largest absolute Gasteiger partial charge is 0.489 e. The van der Waals surface area contributed by atoms with E-state index in [0.717, 1.165) is 33.8 Å². The summed E-state index contributed by atoms with van der Waals surface area (Å²) in [7, 11) is 0. The molecule has 0 fully saturated rings. The van der Waals surface area contributed by atoms with E-state index in [1.54, 1.807) is 0 Å². The Kier molecular flexibility index (Phi) is 11.2. The third kappa shape index (κ3) is 7.11. The smallest absolute Gasteiger partial charge is 0.122 e. The fraction of sp³-hybridized carbons (Fsp3) is 0.308. The van der Waals surface area contributed by atoms with Gasteiger partial charge in [-0.2, -0.15) is 0 Å². The summed E-state index contributed by atoms with van der Waals surface area (Å²) < 4.78 is 12.0. The molecular weight excluding hydrogens is 344 g/mol. The third-order valence-corrected chi connectivity index (χ3v) is 4.07. The maximum absolute atomic E-state index is 5.98. The van der Waals surface area contributed by atoms with Gasteiger partial charge >= 0.3 is 0 Å². The Morgan fingerprint density at radius 2 is 0.821 bits per heavy atom. The van der Waals surface area contributed by atoms with Gasteiger partial charge in [-0.1, -0.05) is 88.4 Å². The van der Waals surface area contributed by atoms with Crippen LogP contribution in [0.1, 0.15) is 49.9 Å². The Balaban J connectivity index is 0.000000921. The minimum atomic E-state index is 0.540. The van der Waals surface area contributed by atoms with Crippen molar-refractivity contribution in [2.75, 3.05) is 0 Å². The molecule has 0 heterocycles. The van der Waals surface area contributed by atoms with Gasteiger partial charge in [0.25, 0.3) is 0 Å². The summed E-state index contributed by atoms with van der Waals surface area (Å²) in [5, 5.41) is 0. The second-order valence-corrected chi connectivity index (χ2v) is 5.88. The van der Waals surface area contributed by atoms with E-state index in [9.17, 15) is 0 Å². The van der Waals surface area contributed by atoms with Crippen LogP contribution in [0.5, 0.6) is 11.5 Å². The number of rotatable bonds is 6. The first kappa shape index (κ1) is 23.3. The molecule has 0 unspecified atom stereocenters. The molecule has 2 nitrogen and oxygen atoms in total. The highest BCUT2D eigenvalue weighted by atomic mass is 16.5. The molecule has 3 rings (SSSR count). The van der Waals surface area contributed by atoms with Gasteiger partial charge in [0.2, 0.25) is 0 Å². The topological polar surface area (TPSA) is 18.5 Å². The number of hydrogen-bond donors (Lipinski definition) is 0. The first-order valence-corrected chi connectivity index (χ1v) is 10.2. The van der Waals surface area contributed by atoms with Gasteiger partial charge < -0.3 is 9.47 Å². The van der Waals surface area contributed by atoms with Gasteiger partial charge in [-0.15, -0.1) is 0 Å². The maximum Gasteiger partial charge on any atom is 0.122 e. The summed E-state index contributed by atoms with van der Waals surface area (Å²) in [5.41, 5.74) is 4.58. The summed E-state index contributed by atoms with van der Waals surface area (Å²) in [6, 6.07) is 24.4. The van der Waals surface area contributed by atoms with Gasteiger partial charge in [-0.05, 0) is 48.2 Å². The van der Waals surface area contributed by atoms with Crippen LogP contribution in [-0.4, -0.2) is 0 Å². The molecule has 0 saturated heterocycles. The number of hydrogen-bond acceptors (Lipinski definition) is 2. The monoisotopic (exact) mass is 378 g/mol. The number of benzene rings is 3. The molecule has 0 spiro atoms. The van der Waals surface area contributed by atoms with Gasteiger partial charge in [0.05, 0.1) is 0 Å². The van der Waals surface area contributed by atoms with E-state index in [4.69, 9.17) is 9.47 Å². The van der Waals surface area contributed by atoms with Crippen LogP contribution < -0.4 is 9.47 Å². The van der Waals surface area contributed by atoms with Crippen molar-refractivity contribution in [2.24, 2.45) is 0 Å². The predicted molar refractivity (Wildman–Crippen MR) is 120 cm³/mol. The molecule has 0 radical (unpaired) electrons. The normalized spacial score (nSPS) is 9.36. The SMILES string of the molecule is CC.CC.Cc1ccccc1OCc1ccccc1COc1ccccc1C. The molecule has 28 heavy (non-hydrogen) atoms. The van der Waals surface area contributed by atoms with E-state index in [2.05, 4.69) is 38.1 Å². The van der Waals surface area contributed by atoms with Crippen molar-refractivity contribution in [2.45, 2.75) is 54.8 Å². The molecular formula is C26H34O2. The zero-order chi connectivity index (χ0) is 20.8. The summed E-state index contributed by atoms with van der Waals surface area (Å²) >= 11 is 0. The summed E-state index contributed by atoms with van der Waals surface area (Å²) in [6.07, 6.45) is 0. The minimum absolute atomic E-state index is 0.540. The van der Waals surface area contributed by atoms with Crippen LogP contribution in [0.2, 0.25) is 0 Å². The van der Waals surface area contributed by atoms with Gasteiger partial charge in [-0.25, -0.2) is 0 Å². The van der Waals surface area contributed by atoms with E-state index in [0.29, 0.717) is 13.2 Å². The van der Waals surface area contributed by atoms with Crippen molar-refractivity contribution in [3.8, 4) is 11.5 Å². The second kappa shape index (κ2) is 13.4. The molecule has 0 aliphatic rings. The summed E-state index contributed by atoms with van der Waals surface area (Å²) in [5.74, 6) is 1.85. The first-order valence-electron chi connectivity index (χ1n) is 10.2. The number of ether oxygens (including phenoxy) is 2. The highest BCUT2D eigenvalue weighted by molar-refractivity contribution is 5.34. The molecule has 0 aliphatic carbocycles. The molecule has 0 aliphatic heterocycles. The molecule has 150 valence electrons. The minimum Gasteiger partial charge on any atom is -0.489 e. The fourth-order valence-corrected chi connectivity index (χ4v) is 2.59.